The number of carbonyl (C=O) groups is 2. The number of nitrogens with zero attached hydrogens (tertiary/aromatic N) is 4. The maximum atomic E-state index is 12.9. The molecule has 2 aromatic rings. The molecule has 0 bridgehead atoms. The lowest BCUT2D eigenvalue weighted by Crippen LogP contribution is -2.40. The van der Waals surface area contributed by atoms with Crippen molar-refractivity contribution in [3.8, 4) is 0 Å². The fourth-order valence-corrected chi connectivity index (χ4v) is 3.90. The van der Waals surface area contributed by atoms with Crippen molar-refractivity contribution in [3.05, 3.63) is 47.8 Å². The SMILES string of the molecule is CC(=O)N1CCc2cc(C(=O)N3CCC[C@H](n4cccn4)C3)ccc21. The molecular weight excluding hydrogens is 316 g/mol. The molecule has 3 heterocycles. The number of rotatable bonds is 2. The summed E-state index contributed by atoms with van der Waals surface area (Å²) in [5.74, 6) is 0.122. The van der Waals surface area contributed by atoms with Gasteiger partial charge in [-0.25, -0.2) is 0 Å². The van der Waals surface area contributed by atoms with Crippen LogP contribution in [0.25, 0.3) is 0 Å². The summed E-state index contributed by atoms with van der Waals surface area (Å²) in [5, 5.41) is 4.32. The Kier molecular flexibility index (Phi) is 4.03. The van der Waals surface area contributed by atoms with Gasteiger partial charge in [0.05, 0.1) is 6.04 Å². The first-order valence-electron chi connectivity index (χ1n) is 8.83. The van der Waals surface area contributed by atoms with E-state index in [1.807, 2.05) is 40.0 Å². The molecule has 0 N–H and O–H groups in total. The summed E-state index contributed by atoms with van der Waals surface area (Å²) in [6, 6.07) is 7.88. The molecule has 1 aromatic heterocycles. The van der Waals surface area contributed by atoms with Gasteiger partial charge in [0.15, 0.2) is 0 Å². The Morgan fingerprint density at radius 1 is 1.24 bits per heavy atom. The van der Waals surface area contributed by atoms with Crippen LogP contribution in [-0.2, 0) is 11.2 Å². The van der Waals surface area contributed by atoms with Crippen molar-refractivity contribution in [2.45, 2.75) is 32.2 Å². The summed E-state index contributed by atoms with van der Waals surface area (Å²) in [6.45, 7) is 3.76. The monoisotopic (exact) mass is 338 g/mol. The molecular formula is C19H22N4O2. The highest BCUT2D eigenvalue weighted by Crippen LogP contribution is 2.30. The van der Waals surface area contributed by atoms with E-state index in [4.69, 9.17) is 0 Å². The number of piperidine rings is 1. The van der Waals surface area contributed by atoms with Gasteiger partial charge in [-0.05, 0) is 49.1 Å². The predicted octanol–water partition coefficient (Wildman–Crippen LogP) is 2.27. The minimum Gasteiger partial charge on any atom is -0.337 e. The topological polar surface area (TPSA) is 58.4 Å². The van der Waals surface area contributed by atoms with Gasteiger partial charge < -0.3 is 9.80 Å². The van der Waals surface area contributed by atoms with E-state index in [-0.39, 0.29) is 17.9 Å². The average Bonchev–Trinajstić information content (AvgIpc) is 3.30. The van der Waals surface area contributed by atoms with Crippen LogP contribution in [0.2, 0.25) is 0 Å². The lowest BCUT2D eigenvalue weighted by Gasteiger charge is -2.33. The van der Waals surface area contributed by atoms with Crippen LogP contribution in [0.1, 0.15) is 41.7 Å². The van der Waals surface area contributed by atoms with E-state index in [2.05, 4.69) is 5.10 Å². The number of anilines is 1. The van der Waals surface area contributed by atoms with Gasteiger partial charge in [0.25, 0.3) is 5.91 Å². The number of benzene rings is 1. The molecule has 6 heteroatoms. The molecule has 2 amide bonds. The second-order valence-corrected chi connectivity index (χ2v) is 6.80. The van der Waals surface area contributed by atoms with Crippen molar-refractivity contribution in [2.24, 2.45) is 0 Å². The number of aromatic nitrogens is 2. The first-order chi connectivity index (χ1) is 12.1. The third-order valence-corrected chi connectivity index (χ3v) is 5.18. The van der Waals surface area contributed by atoms with Gasteiger partial charge in [-0.3, -0.25) is 14.3 Å². The van der Waals surface area contributed by atoms with Crippen LogP contribution in [0.5, 0.6) is 0 Å². The molecule has 130 valence electrons. The second-order valence-electron chi connectivity index (χ2n) is 6.80. The van der Waals surface area contributed by atoms with Crippen LogP contribution in [0.15, 0.2) is 36.7 Å². The normalized spacial score (nSPS) is 19.8. The van der Waals surface area contributed by atoms with Gasteiger partial charge in [-0.2, -0.15) is 5.10 Å². The van der Waals surface area contributed by atoms with Crippen molar-refractivity contribution in [2.75, 3.05) is 24.5 Å². The van der Waals surface area contributed by atoms with Gasteiger partial charge in [-0.1, -0.05) is 0 Å². The van der Waals surface area contributed by atoms with Crippen molar-refractivity contribution < 1.29 is 9.59 Å². The van der Waals surface area contributed by atoms with Gasteiger partial charge >= 0.3 is 0 Å². The fourth-order valence-electron chi connectivity index (χ4n) is 3.90. The zero-order valence-electron chi connectivity index (χ0n) is 14.4. The van der Waals surface area contributed by atoms with E-state index in [1.54, 1.807) is 18.0 Å². The van der Waals surface area contributed by atoms with Gasteiger partial charge in [0.2, 0.25) is 5.91 Å². The highest BCUT2D eigenvalue weighted by molar-refractivity contribution is 5.98. The molecule has 0 spiro atoms. The number of amides is 2. The molecule has 2 aliphatic rings. The van der Waals surface area contributed by atoms with Crippen molar-refractivity contribution in [1.29, 1.82) is 0 Å². The third kappa shape index (κ3) is 2.92. The highest BCUT2D eigenvalue weighted by Gasteiger charge is 2.28. The van der Waals surface area contributed by atoms with Crippen LogP contribution in [-0.4, -0.2) is 46.1 Å². The highest BCUT2D eigenvalue weighted by atomic mass is 16.2. The third-order valence-electron chi connectivity index (χ3n) is 5.18. The summed E-state index contributed by atoms with van der Waals surface area (Å²) in [5.41, 5.74) is 2.74. The van der Waals surface area contributed by atoms with Crippen LogP contribution in [0.3, 0.4) is 0 Å². The Bertz CT molecular complexity index is 800. The summed E-state index contributed by atoms with van der Waals surface area (Å²) in [7, 11) is 0. The second kappa shape index (κ2) is 6.35. The summed E-state index contributed by atoms with van der Waals surface area (Å²) in [4.78, 5) is 28.3. The number of likely N-dealkylation sites (tertiary alicyclic amines) is 1. The van der Waals surface area contributed by atoms with Gasteiger partial charge in [0.1, 0.15) is 0 Å². The maximum absolute atomic E-state index is 12.9. The number of hydrogen-bond donors (Lipinski definition) is 0. The lowest BCUT2D eigenvalue weighted by atomic mass is 10.0. The summed E-state index contributed by atoms with van der Waals surface area (Å²) in [6.07, 6.45) is 6.58. The zero-order valence-corrected chi connectivity index (χ0v) is 14.4. The molecule has 0 radical (unpaired) electrons. The standard InChI is InChI=1S/C19H22N4O2/c1-14(24)22-11-7-15-12-16(5-6-18(15)22)19(25)21-9-2-4-17(13-21)23-10-3-8-20-23/h3,5-6,8,10,12,17H,2,4,7,9,11,13H2,1H3/t17-/m0/s1. The molecule has 0 aliphatic carbocycles. The first-order valence-corrected chi connectivity index (χ1v) is 8.83. The van der Waals surface area contributed by atoms with E-state index < -0.39 is 0 Å². The fraction of sp³-hybridized carbons (Fsp3) is 0.421. The van der Waals surface area contributed by atoms with Crippen molar-refractivity contribution in [1.82, 2.24) is 14.7 Å². The van der Waals surface area contributed by atoms with Crippen LogP contribution in [0.4, 0.5) is 5.69 Å². The molecule has 25 heavy (non-hydrogen) atoms. The van der Waals surface area contributed by atoms with Gasteiger partial charge in [-0.15, -0.1) is 0 Å². The smallest absolute Gasteiger partial charge is 0.253 e. The number of fused-ring (bicyclic) bond motifs is 1. The number of hydrogen-bond acceptors (Lipinski definition) is 3. The molecule has 1 fully saturated rings. The Morgan fingerprint density at radius 2 is 2.12 bits per heavy atom. The Balaban J connectivity index is 1.52. The lowest BCUT2D eigenvalue weighted by molar-refractivity contribution is -0.116. The Hall–Kier alpha value is -2.63. The van der Waals surface area contributed by atoms with E-state index in [1.165, 1.54) is 0 Å². The molecule has 2 aliphatic heterocycles. The minimum absolute atomic E-state index is 0.0518. The van der Waals surface area contributed by atoms with E-state index in [0.29, 0.717) is 18.7 Å². The van der Waals surface area contributed by atoms with Crippen molar-refractivity contribution >= 4 is 17.5 Å². The Labute approximate surface area is 147 Å². The average molecular weight is 338 g/mol. The quantitative estimate of drug-likeness (QED) is 0.844. The van der Waals surface area contributed by atoms with Crippen LogP contribution in [0, 0.1) is 0 Å². The molecule has 6 nitrogen and oxygen atoms in total. The molecule has 1 aromatic carbocycles. The van der Waals surface area contributed by atoms with Crippen molar-refractivity contribution in [3.63, 3.8) is 0 Å². The van der Waals surface area contributed by atoms with E-state index in [0.717, 1.165) is 37.1 Å². The van der Waals surface area contributed by atoms with Crippen LogP contribution >= 0.6 is 0 Å². The van der Waals surface area contributed by atoms with Crippen LogP contribution < -0.4 is 4.90 Å². The minimum atomic E-state index is 0.0518. The molecule has 0 saturated carbocycles. The van der Waals surface area contributed by atoms with Gasteiger partial charge in [0, 0.05) is 50.2 Å². The molecule has 4 rings (SSSR count). The van der Waals surface area contributed by atoms with E-state index in [9.17, 15) is 9.59 Å². The Morgan fingerprint density at radius 3 is 2.88 bits per heavy atom. The molecule has 1 atom stereocenters. The predicted molar refractivity (Wildman–Crippen MR) is 94.6 cm³/mol. The summed E-state index contributed by atoms with van der Waals surface area (Å²) < 4.78 is 1.95. The maximum Gasteiger partial charge on any atom is 0.253 e. The summed E-state index contributed by atoms with van der Waals surface area (Å²) >= 11 is 0. The zero-order chi connectivity index (χ0) is 17.4. The van der Waals surface area contributed by atoms with E-state index >= 15 is 0 Å². The molecule has 1 saturated heterocycles. The first kappa shape index (κ1) is 15.9. The largest absolute Gasteiger partial charge is 0.337 e. The number of carbonyl (C=O) groups excluding carboxylic acids is 2. The molecule has 0 unspecified atom stereocenters.